The second-order valence-electron chi connectivity index (χ2n) is 5.31. The highest BCUT2D eigenvalue weighted by molar-refractivity contribution is 6.03. The smallest absolute Gasteiger partial charge is 0.352 e. The van der Waals surface area contributed by atoms with Crippen molar-refractivity contribution >= 4 is 28.6 Å². The maximum atomic E-state index is 12.2. The summed E-state index contributed by atoms with van der Waals surface area (Å²) in [6, 6.07) is 3.04. The lowest BCUT2D eigenvalue weighted by Gasteiger charge is -2.02. The van der Waals surface area contributed by atoms with E-state index in [0.29, 0.717) is 29.9 Å². The summed E-state index contributed by atoms with van der Waals surface area (Å²) in [5.74, 6) is -1.56. The maximum absolute atomic E-state index is 12.2. The first-order chi connectivity index (χ1) is 12.6. The summed E-state index contributed by atoms with van der Waals surface area (Å²) in [5, 5.41) is 28.4. The number of carboxylic acids is 1. The standard InChI is InChI=1S/C15H16N6O5/c22-2-4-26-3-1-21-8-12(19-20-21)14(23)17-10-5-9-6-11(15(24)25)18-13(9)16-7-10/h5-8,22H,1-4H2,(H,16,18)(H,17,23)(H,24,25). The van der Waals surface area contributed by atoms with Crippen molar-refractivity contribution in [1.82, 2.24) is 25.0 Å². The molecule has 3 aromatic heterocycles. The molecule has 0 unspecified atom stereocenters. The van der Waals surface area contributed by atoms with Gasteiger partial charge in [-0.2, -0.15) is 0 Å². The Labute approximate surface area is 146 Å². The van der Waals surface area contributed by atoms with Gasteiger partial charge < -0.3 is 25.3 Å². The van der Waals surface area contributed by atoms with Crippen LogP contribution >= 0.6 is 0 Å². The Balaban J connectivity index is 1.65. The first kappa shape index (κ1) is 17.5. The van der Waals surface area contributed by atoms with E-state index in [-0.39, 0.29) is 24.6 Å². The first-order valence-corrected chi connectivity index (χ1v) is 7.69. The zero-order chi connectivity index (χ0) is 18.5. The number of aliphatic hydroxyl groups excluding tert-OH is 1. The molecule has 0 fully saturated rings. The van der Waals surface area contributed by atoms with E-state index in [1.54, 1.807) is 6.07 Å². The van der Waals surface area contributed by atoms with Gasteiger partial charge in [-0.25, -0.2) is 14.5 Å². The fourth-order valence-corrected chi connectivity index (χ4v) is 2.23. The minimum Gasteiger partial charge on any atom is -0.477 e. The van der Waals surface area contributed by atoms with Crippen LogP contribution in [0, 0.1) is 0 Å². The van der Waals surface area contributed by atoms with E-state index in [1.165, 1.54) is 23.1 Å². The van der Waals surface area contributed by atoms with Gasteiger partial charge in [-0.3, -0.25) is 4.79 Å². The summed E-state index contributed by atoms with van der Waals surface area (Å²) in [5.41, 5.74) is 0.948. The number of aliphatic hydroxyl groups is 1. The molecule has 0 aliphatic rings. The molecule has 0 aliphatic heterocycles. The third-order valence-corrected chi connectivity index (χ3v) is 3.43. The van der Waals surface area contributed by atoms with Gasteiger partial charge in [0.2, 0.25) is 0 Å². The van der Waals surface area contributed by atoms with Crippen LogP contribution in [0.15, 0.2) is 24.5 Å². The Morgan fingerprint density at radius 2 is 2.15 bits per heavy atom. The van der Waals surface area contributed by atoms with Crippen molar-refractivity contribution in [2.45, 2.75) is 6.54 Å². The molecule has 0 saturated heterocycles. The summed E-state index contributed by atoms with van der Waals surface area (Å²) in [7, 11) is 0. The van der Waals surface area contributed by atoms with Crippen molar-refractivity contribution in [3.8, 4) is 0 Å². The molecular weight excluding hydrogens is 344 g/mol. The largest absolute Gasteiger partial charge is 0.477 e. The van der Waals surface area contributed by atoms with E-state index < -0.39 is 11.9 Å². The van der Waals surface area contributed by atoms with Gasteiger partial charge in [0.15, 0.2) is 5.69 Å². The SMILES string of the molecule is O=C(Nc1cnc2[nH]c(C(=O)O)cc2c1)c1cn(CCOCCO)nn1. The van der Waals surface area contributed by atoms with Crippen LogP contribution < -0.4 is 5.32 Å². The predicted octanol–water partition coefficient (Wildman–Crippen LogP) is 0.114. The number of aromatic amines is 1. The van der Waals surface area contributed by atoms with Crippen molar-refractivity contribution in [3.63, 3.8) is 0 Å². The molecule has 136 valence electrons. The lowest BCUT2D eigenvalue weighted by Crippen LogP contribution is -2.12. The van der Waals surface area contributed by atoms with Gasteiger partial charge in [0.05, 0.1) is 44.4 Å². The van der Waals surface area contributed by atoms with Crippen molar-refractivity contribution in [2.24, 2.45) is 0 Å². The number of carbonyl (C=O) groups is 2. The van der Waals surface area contributed by atoms with Gasteiger partial charge >= 0.3 is 5.97 Å². The van der Waals surface area contributed by atoms with Crippen LogP contribution in [0.3, 0.4) is 0 Å². The fourth-order valence-electron chi connectivity index (χ4n) is 2.23. The normalized spacial score (nSPS) is 11.0. The molecule has 0 radical (unpaired) electrons. The Hall–Kier alpha value is -3.31. The predicted molar refractivity (Wildman–Crippen MR) is 88.9 cm³/mol. The van der Waals surface area contributed by atoms with Gasteiger partial charge in [-0.05, 0) is 12.1 Å². The zero-order valence-corrected chi connectivity index (χ0v) is 13.5. The maximum Gasteiger partial charge on any atom is 0.352 e. The van der Waals surface area contributed by atoms with Gasteiger partial charge in [-0.15, -0.1) is 5.10 Å². The summed E-state index contributed by atoms with van der Waals surface area (Å²) in [6.45, 7) is 0.916. The topological polar surface area (TPSA) is 155 Å². The summed E-state index contributed by atoms with van der Waals surface area (Å²) >= 11 is 0. The number of carbonyl (C=O) groups excluding carboxylic acids is 1. The number of rotatable bonds is 8. The third kappa shape index (κ3) is 4.02. The summed E-state index contributed by atoms with van der Waals surface area (Å²) < 4.78 is 6.58. The number of aromatic nitrogens is 5. The summed E-state index contributed by atoms with van der Waals surface area (Å²) in [6.07, 6.45) is 2.89. The van der Waals surface area contributed by atoms with Crippen LogP contribution in [0.1, 0.15) is 21.0 Å². The molecule has 3 aromatic rings. The molecule has 0 saturated carbocycles. The number of H-pyrrole nitrogens is 1. The number of anilines is 1. The van der Waals surface area contributed by atoms with Crippen LogP contribution in [0.4, 0.5) is 5.69 Å². The molecular formula is C15H16N6O5. The minimum atomic E-state index is -1.09. The van der Waals surface area contributed by atoms with Crippen LogP contribution in [0.2, 0.25) is 0 Å². The number of nitrogens with zero attached hydrogens (tertiary/aromatic N) is 4. The Morgan fingerprint density at radius 1 is 1.31 bits per heavy atom. The minimum absolute atomic E-state index is 0.0161. The van der Waals surface area contributed by atoms with Gasteiger partial charge in [0, 0.05) is 5.39 Å². The second kappa shape index (κ2) is 7.72. The molecule has 26 heavy (non-hydrogen) atoms. The number of fused-ring (bicyclic) bond motifs is 1. The number of pyridine rings is 1. The van der Waals surface area contributed by atoms with Crippen molar-refractivity contribution in [2.75, 3.05) is 25.1 Å². The van der Waals surface area contributed by atoms with E-state index in [4.69, 9.17) is 14.9 Å². The highest BCUT2D eigenvalue weighted by Crippen LogP contribution is 2.18. The molecule has 0 atom stereocenters. The average molecular weight is 360 g/mol. The number of aromatic carboxylic acids is 1. The molecule has 0 aliphatic carbocycles. The highest BCUT2D eigenvalue weighted by atomic mass is 16.5. The quantitative estimate of drug-likeness (QED) is 0.413. The number of nitrogens with one attached hydrogen (secondary N) is 2. The van der Waals surface area contributed by atoms with Gasteiger partial charge in [0.25, 0.3) is 5.91 Å². The Kier molecular flexibility index (Phi) is 5.20. The molecule has 0 aromatic carbocycles. The van der Waals surface area contributed by atoms with Crippen LogP contribution in [-0.4, -0.2) is 66.9 Å². The molecule has 0 bridgehead atoms. The van der Waals surface area contributed by atoms with Crippen molar-refractivity contribution < 1.29 is 24.5 Å². The molecule has 3 rings (SSSR count). The molecule has 3 heterocycles. The lowest BCUT2D eigenvalue weighted by atomic mass is 10.3. The van der Waals surface area contributed by atoms with Gasteiger partial charge in [-0.1, -0.05) is 5.21 Å². The molecule has 0 spiro atoms. The van der Waals surface area contributed by atoms with Crippen LogP contribution in [-0.2, 0) is 11.3 Å². The van der Waals surface area contributed by atoms with E-state index in [0.717, 1.165) is 0 Å². The lowest BCUT2D eigenvalue weighted by molar-refractivity contribution is 0.0691. The van der Waals surface area contributed by atoms with E-state index in [1.807, 2.05) is 0 Å². The number of hydrogen-bond acceptors (Lipinski definition) is 7. The fraction of sp³-hybridized carbons (Fsp3) is 0.267. The monoisotopic (exact) mass is 360 g/mol. The van der Waals surface area contributed by atoms with Crippen molar-refractivity contribution in [1.29, 1.82) is 0 Å². The molecule has 4 N–H and O–H groups in total. The van der Waals surface area contributed by atoms with Crippen LogP contribution in [0.25, 0.3) is 11.0 Å². The van der Waals surface area contributed by atoms with E-state index >= 15 is 0 Å². The average Bonchev–Trinajstić information content (AvgIpc) is 3.25. The molecule has 1 amide bonds. The van der Waals surface area contributed by atoms with Crippen LogP contribution in [0.5, 0.6) is 0 Å². The molecule has 11 heteroatoms. The van der Waals surface area contributed by atoms with Crippen molar-refractivity contribution in [3.05, 3.63) is 35.9 Å². The number of carboxylic acid groups (broad SMARTS) is 1. The van der Waals surface area contributed by atoms with Gasteiger partial charge in [0.1, 0.15) is 11.3 Å². The number of amides is 1. The third-order valence-electron chi connectivity index (χ3n) is 3.43. The van der Waals surface area contributed by atoms with E-state index in [9.17, 15) is 9.59 Å². The Bertz CT molecular complexity index is 934. The second-order valence-corrected chi connectivity index (χ2v) is 5.31. The zero-order valence-electron chi connectivity index (χ0n) is 13.5. The first-order valence-electron chi connectivity index (χ1n) is 7.69. The molecule has 11 nitrogen and oxygen atoms in total. The number of hydrogen-bond donors (Lipinski definition) is 4. The number of ether oxygens (including phenoxy) is 1. The van der Waals surface area contributed by atoms with E-state index in [2.05, 4.69) is 25.6 Å². The highest BCUT2D eigenvalue weighted by Gasteiger charge is 2.13. The summed E-state index contributed by atoms with van der Waals surface area (Å²) in [4.78, 5) is 29.9. The Morgan fingerprint density at radius 3 is 2.92 bits per heavy atom.